The number of carbonyl (C=O) groups is 1. The second kappa shape index (κ2) is 9.47. The van der Waals surface area contributed by atoms with E-state index in [2.05, 4.69) is 21.5 Å². The van der Waals surface area contributed by atoms with Gasteiger partial charge in [0.05, 0.1) is 11.9 Å². The third-order valence-corrected chi connectivity index (χ3v) is 5.92. The van der Waals surface area contributed by atoms with Crippen LogP contribution in [-0.2, 0) is 13.9 Å². The summed E-state index contributed by atoms with van der Waals surface area (Å²) in [6.07, 6.45) is 7.75. The zero-order chi connectivity index (χ0) is 25.3. The van der Waals surface area contributed by atoms with Gasteiger partial charge in [-0.25, -0.2) is 14.5 Å². The first-order valence-electron chi connectivity index (χ1n) is 10.3. The molecule has 0 spiro atoms. The molecular weight excluding hydrogens is 476 g/mol. The van der Waals surface area contributed by atoms with Gasteiger partial charge < -0.3 is 19.3 Å². The van der Waals surface area contributed by atoms with E-state index in [1.165, 1.54) is 34.7 Å². The molecule has 0 aromatic carbocycles. The van der Waals surface area contributed by atoms with Gasteiger partial charge in [0.15, 0.2) is 0 Å². The zero-order valence-electron chi connectivity index (χ0n) is 18.7. The Balaban J connectivity index is 1.87. The van der Waals surface area contributed by atoms with Crippen molar-refractivity contribution in [2.75, 3.05) is 11.9 Å². The van der Waals surface area contributed by atoms with E-state index in [9.17, 15) is 23.5 Å². The van der Waals surface area contributed by atoms with Crippen molar-refractivity contribution in [3.63, 3.8) is 0 Å². The largest absolute Gasteiger partial charge is 0.471 e. The maximum atomic E-state index is 13.9. The van der Waals surface area contributed by atoms with E-state index in [0.29, 0.717) is 39.0 Å². The Kier molecular flexibility index (Phi) is 6.60. The fraction of sp³-hybridized carbons (Fsp3) is 0.130. The molecule has 35 heavy (non-hydrogen) atoms. The number of fused-ring (bicyclic) bond motifs is 1. The molecule has 0 bridgehead atoms. The maximum Gasteiger partial charge on any atom is 0.471 e. The van der Waals surface area contributed by atoms with Crippen molar-refractivity contribution in [1.82, 2.24) is 19.5 Å². The molecule has 4 aromatic rings. The van der Waals surface area contributed by atoms with Gasteiger partial charge in [-0.2, -0.15) is 4.39 Å². The van der Waals surface area contributed by atoms with Gasteiger partial charge in [0.2, 0.25) is 11.9 Å². The topological polar surface area (TPSA) is 131 Å². The minimum Gasteiger partial charge on any atom is -0.310 e. The van der Waals surface area contributed by atoms with Crippen LogP contribution in [0.25, 0.3) is 33.3 Å². The fourth-order valence-corrected chi connectivity index (χ4v) is 4.15. The maximum absolute atomic E-state index is 13.9. The summed E-state index contributed by atoms with van der Waals surface area (Å²) >= 11 is 0. The number of likely N-dealkylation sites (N-methyl/N-ethyl adjacent to an activating group) is 1. The van der Waals surface area contributed by atoms with Gasteiger partial charge in [0, 0.05) is 60.0 Å². The molecule has 10 nitrogen and oxygen atoms in total. The van der Waals surface area contributed by atoms with Crippen molar-refractivity contribution in [2.45, 2.75) is 13.2 Å². The Morgan fingerprint density at radius 3 is 2.63 bits per heavy atom. The fourth-order valence-electron chi connectivity index (χ4n) is 3.65. The summed E-state index contributed by atoms with van der Waals surface area (Å²) in [5, 5.41) is 0.579. The van der Waals surface area contributed by atoms with E-state index in [-0.39, 0.29) is 5.91 Å². The third kappa shape index (κ3) is 5.18. The predicted octanol–water partition coefficient (Wildman–Crippen LogP) is 4.08. The number of amides is 1. The lowest BCUT2D eigenvalue weighted by atomic mass is 10.0. The lowest BCUT2D eigenvalue weighted by Crippen LogP contribution is -2.23. The highest BCUT2D eigenvalue weighted by atomic mass is 31.2. The van der Waals surface area contributed by atoms with Crippen molar-refractivity contribution in [3.8, 4) is 22.3 Å². The summed E-state index contributed by atoms with van der Waals surface area (Å²) in [5.74, 6) is -0.977. The highest BCUT2D eigenvalue weighted by Crippen LogP contribution is 2.42. The molecule has 0 aliphatic heterocycles. The van der Waals surface area contributed by atoms with Gasteiger partial charge in [-0.1, -0.05) is 6.58 Å². The van der Waals surface area contributed by atoms with Crippen LogP contribution in [0.4, 0.5) is 10.1 Å². The molecule has 0 saturated heterocycles. The Morgan fingerprint density at radius 1 is 1.20 bits per heavy atom. The number of carbonyl (C=O) groups excluding carboxylic acids is 1. The molecule has 0 fully saturated rings. The Bertz CT molecular complexity index is 1480. The number of anilines is 1. The number of nitrogens with zero attached hydrogens (tertiary/aromatic N) is 5. The number of phosphoric acid groups is 1. The number of rotatable bonds is 7. The first-order chi connectivity index (χ1) is 16.6. The molecule has 1 atom stereocenters. The molecule has 0 aliphatic carbocycles. The lowest BCUT2D eigenvalue weighted by molar-refractivity contribution is -0.113. The van der Waals surface area contributed by atoms with Crippen LogP contribution < -0.4 is 4.90 Å². The zero-order valence-corrected chi connectivity index (χ0v) is 19.6. The van der Waals surface area contributed by atoms with E-state index in [0.717, 1.165) is 0 Å². The molecule has 0 radical (unpaired) electrons. The van der Waals surface area contributed by atoms with Crippen molar-refractivity contribution < 1.29 is 28.1 Å². The Hall–Kier alpha value is -3.76. The molecule has 1 amide bonds. The third-order valence-electron chi connectivity index (χ3n) is 5.34. The van der Waals surface area contributed by atoms with Gasteiger partial charge in [0.1, 0.15) is 11.9 Å². The number of aromatic nitrogens is 4. The highest BCUT2D eigenvalue weighted by molar-refractivity contribution is 7.46. The molecule has 180 valence electrons. The molecule has 4 aromatic heterocycles. The molecule has 0 saturated carbocycles. The van der Waals surface area contributed by atoms with Gasteiger partial charge >= 0.3 is 7.82 Å². The molecular formula is C23H21FN5O5P. The average Bonchev–Trinajstić information content (AvgIpc) is 3.21. The first kappa shape index (κ1) is 24.4. The van der Waals surface area contributed by atoms with Crippen LogP contribution >= 0.6 is 7.82 Å². The minimum absolute atomic E-state index is 0.296. The van der Waals surface area contributed by atoms with Crippen LogP contribution in [0.2, 0.25) is 0 Å². The van der Waals surface area contributed by atoms with Gasteiger partial charge in [-0.05, 0) is 36.8 Å². The Labute approximate surface area is 199 Å². The summed E-state index contributed by atoms with van der Waals surface area (Å²) in [7, 11) is -3.18. The smallest absolute Gasteiger partial charge is 0.310 e. The second-order valence-corrected chi connectivity index (χ2v) is 8.83. The first-order valence-corrected chi connectivity index (χ1v) is 11.8. The monoisotopic (exact) mass is 497 g/mol. The quantitative estimate of drug-likeness (QED) is 0.222. The summed E-state index contributed by atoms with van der Waals surface area (Å²) in [6, 6.07) is 6.42. The van der Waals surface area contributed by atoms with Crippen molar-refractivity contribution in [3.05, 3.63) is 73.9 Å². The number of halogens is 1. The lowest BCUT2D eigenvalue weighted by Gasteiger charge is -2.16. The van der Waals surface area contributed by atoms with Crippen LogP contribution in [0.5, 0.6) is 0 Å². The van der Waals surface area contributed by atoms with Gasteiger partial charge in [0.25, 0.3) is 0 Å². The van der Waals surface area contributed by atoms with Crippen molar-refractivity contribution >= 4 is 30.5 Å². The normalized spacial score (nSPS) is 12.5. The molecule has 4 rings (SSSR count). The minimum atomic E-state index is -4.79. The number of hydrogen-bond donors (Lipinski definition) is 2. The van der Waals surface area contributed by atoms with E-state index >= 15 is 0 Å². The van der Waals surface area contributed by atoms with E-state index in [4.69, 9.17) is 4.52 Å². The SMILES string of the molecule is C=CC(=O)N(C)c1cncc(-c2cnc3c(c2)c(-c2ccnc(F)c2)cn3C(C)OP(=O)(O)O)c1. The summed E-state index contributed by atoms with van der Waals surface area (Å²) in [4.78, 5) is 44.2. The van der Waals surface area contributed by atoms with Crippen LogP contribution in [-0.4, -0.2) is 42.3 Å². The standard InChI is InChI=1S/C23H21FN5O5P/c1-4-22(30)28(3)18-7-16(10-25-12-18)17-8-19-20(15-5-6-26-21(24)9-15)13-29(23(19)27-11-17)14(2)34-35(31,32)33/h4-14H,1H2,2-3H3,(H2,31,32,33). The van der Waals surface area contributed by atoms with Crippen LogP contribution in [0, 0.1) is 5.95 Å². The molecule has 2 N–H and O–H groups in total. The van der Waals surface area contributed by atoms with Gasteiger partial charge in [-0.3, -0.25) is 14.3 Å². The summed E-state index contributed by atoms with van der Waals surface area (Å²) in [6.45, 7) is 4.95. The number of phosphoric ester groups is 1. The number of pyridine rings is 3. The molecule has 4 heterocycles. The molecule has 1 unspecified atom stereocenters. The summed E-state index contributed by atoms with van der Waals surface area (Å²) < 4.78 is 31.6. The Morgan fingerprint density at radius 2 is 1.94 bits per heavy atom. The van der Waals surface area contributed by atoms with Crippen LogP contribution in [0.3, 0.4) is 0 Å². The van der Waals surface area contributed by atoms with Crippen LogP contribution in [0.1, 0.15) is 13.2 Å². The molecule has 12 heteroatoms. The highest BCUT2D eigenvalue weighted by Gasteiger charge is 2.23. The van der Waals surface area contributed by atoms with E-state index in [1.807, 2.05) is 0 Å². The van der Waals surface area contributed by atoms with E-state index < -0.39 is 20.0 Å². The van der Waals surface area contributed by atoms with Crippen molar-refractivity contribution in [2.24, 2.45) is 0 Å². The van der Waals surface area contributed by atoms with Gasteiger partial charge in [-0.15, -0.1) is 0 Å². The average molecular weight is 497 g/mol. The van der Waals surface area contributed by atoms with E-state index in [1.54, 1.807) is 50.0 Å². The summed E-state index contributed by atoms with van der Waals surface area (Å²) in [5.41, 5.74) is 3.28. The van der Waals surface area contributed by atoms with Crippen molar-refractivity contribution in [1.29, 1.82) is 0 Å². The predicted molar refractivity (Wildman–Crippen MR) is 128 cm³/mol. The number of hydrogen-bond acceptors (Lipinski definition) is 6. The molecule has 0 aliphatic rings. The van der Waals surface area contributed by atoms with Crippen LogP contribution in [0.15, 0.2) is 67.9 Å². The second-order valence-electron chi connectivity index (χ2n) is 7.64.